The summed E-state index contributed by atoms with van der Waals surface area (Å²) in [7, 11) is 1.66. The summed E-state index contributed by atoms with van der Waals surface area (Å²) in [6.45, 7) is 2.03. The van der Waals surface area contributed by atoms with Gasteiger partial charge in [-0.05, 0) is 25.1 Å². The van der Waals surface area contributed by atoms with Crippen molar-refractivity contribution < 1.29 is 9.84 Å². The SMILES string of the molecule is COc1ccccc1-c1ccccc1N=C1CC(C)=CC=C1O. The number of methoxy groups -OCH3 is 1. The summed E-state index contributed by atoms with van der Waals surface area (Å²) >= 11 is 0. The van der Waals surface area contributed by atoms with Crippen molar-refractivity contribution in [3.8, 4) is 16.9 Å². The van der Waals surface area contributed by atoms with Crippen LogP contribution in [-0.2, 0) is 0 Å². The molecule has 116 valence electrons. The Morgan fingerprint density at radius 3 is 2.43 bits per heavy atom. The molecular formula is C20H19NO2. The molecule has 2 aromatic rings. The van der Waals surface area contributed by atoms with Crippen LogP contribution in [0.3, 0.4) is 0 Å². The van der Waals surface area contributed by atoms with Crippen LogP contribution >= 0.6 is 0 Å². The Hall–Kier alpha value is -2.81. The second-order valence-corrected chi connectivity index (χ2v) is 5.52. The first-order chi connectivity index (χ1) is 11.2. The molecule has 1 aliphatic rings. The van der Waals surface area contributed by atoms with Gasteiger partial charge in [0.15, 0.2) is 0 Å². The molecule has 0 spiro atoms. The van der Waals surface area contributed by atoms with Gasteiger partial charge in [0.05, 0.1) is 18.5 Å². The van der Waals surface area contributed by atoms with Crippen LogP contribution in [-0.4, -0.2) is 17.9 Å². The van der Waals surface area contributed by atoms with E-state index < -0.39 is 0 Å². The Morgan fingerprint density at radius 1 is 0.957 bits per heavy atom. The van der Waals surface area contributed by atoms with Crippen molar-refractivity contribution in [3.63, 3.8) is 0 Å². The van der Waals surface area contributed by atoms with Gasteiger partial charge >= 0.3 is 0 Å². The van der Waals surface area contributed by atoms with E-state index in [4.69, 9.17) is 9.73 Å². The number of hydrogen-bond acceptors (Lipinski definition) is 3. The molecule has 3 heteroatoms. The van der Waals surface area contributed by atoms with E-state index in [1.54, 1.807) is 13.2 Å². The van der Waals surface area contributed by atoms with Crippen molar-refractivity contribution in [2.45, 2.75) is 13.3 Å². The first-order valence-electron chi connectivity index (χ1n) is 7.56. The summed E-state index contributed by atoms with van der Waals surface area (Å²) in [5, 5.41) is 10.1. The van der Waals surface area contributed by atoms with Crippen LogP contribution in [0, 0.1) is 0 Å². The summed E-state index contributed by atoms with van der Waals surface area (Å²) in [6, 6.07) is 15.8. The van der Waals surface area contributed by atoms with Gasteiger partial charge in [0.2, 0.25) is 0 Å². The minimum atomic E-state index is 0.227. The zero-order chi connectivity index (χ0) is 16.2. The Balaban J connectivity index is 2.09. The molecule has 3 rings (SSSR count). The fraction of sp³-hybridized carbons (Fsp3) is 0.150. The second-order valence-electron chi connectivity index (χ2n) is 5.52. The van der Waals surface area contributed by atoms with Gasteiger partial charge in [0.25, 0.3) is 0 Å². The number of allylic oxidation sites excluding steroid dienone is 4. The number of aliphatic hydroxyl groups excluding tert-OH is 1. The summed E-state index contributed by atoms with van der Waals surface area (Å²) < 4.78 is 5.46. The summed E-state index contributed by atoms with van der Waals surface area (Å²) in [4.78, 5) is 4.70. The van der Waals surface area contributed by atoms with Gasteiger partial charge in [-0.25, -0.2) is 4.99 Å². The molecule has 1 N–H and O–H groups in total. The van der Waals surface area contributed by atoms with E-state index in [-0.39, 0.29) is 5.76 Å². The number of benzene rings is 2. The standard InChI is InChI=1S/C20H19NO2/c1-14-11-12-19(22)18(13-14)21-17-9-5-3-7-15(17)16-8-4-6-10-20(16)23-2/h3-12,22H,13H2,1-2H3. The summed E-state index contributed by atoms with van der Waals surface area (Å²) in [5.41, 5.74) is 4.66. The Bertz CT molecular complexity index is 816. The van der Waals surface area contributed by atoms with Gasteiger partial charge in [-0.15, -0.1) is 0 Å². The molecular weight excluding hydrogens is 286 g/mol. The quantitative estimate of drug-likeness (QED) is 0.844. The number of aliphatic imine (C=N–C) groups is 1. The molecule has 0 aliphatic heterocycles. The van der Waals surface area contributed by atoms with E-state index in [1.807, 2.05) is 61.5 Å². The number of nitrogens with zero attached hydrogens (tertiary/aromatic N) is 1. The minimum Gasteiger partial charge on any atom is -0.506 e. The minimum absolute atomic E-state index is 0.227. The van der Waals surface area contributed by atoms with Crippen molar-refractivity contribution in [1.82, 2.24) is 0 Å². The van der Waals surface area contributed by atoms with Gasteiger partial charge in [-0.3, -0.25) is 0 Å². The molecule has 0 heterocycles. The number of hydrogen-bond donors (Lipinski definition) is 1. The lowest BCUT2D eigenvalue weighted by atomic mass is 10.0. The molecule has 1 aliphatic carbocycles. The Kier molecular flexibility index (Phi) is 4.29. The maximum absolute atomic E-state index is 10.1. The zero-order valence-electron chi connectivity index (χ0n) is 13.3. The van der Waals surface area contributed by atoms with E-state index in [0.29, 0.717) is 12.1 Å². The number of aliphatic hydroxyl groups is 1. The molecule has 0 saturated heterocycles. The molecule has 0 unspecified atom stereocenters. The van der Waals surface area contributed by atoms with Gasteiger partial charge in [-0.1, -0.05) is 48.0 Å². The lowest BCUT2D eigenvalue weighted by Crippen LogP contribution is -2.06. The maximum Gasteiger partial charge on any atom is 0.137 e. The number of para-hydroxylation sites is 2. The van der Waals surface area contributed by atoms with Crippen molar-refractivity contribution in [2.24, 2.45) is 4.99 Å². The van der Waals surface area contributed by atoms with Crippen LogP contribution in [0.15, 0.2) is 77.0 Å². The van der Waals surface area contributed by atoms with E-state index >= 15 is 0 Å². The Morgan fingerprint density at radius 2 is 1.65 bits per heavy atom. The molecule has 0 bridgehead atoms. The van der Waals surface area contributed by atoms with Crippen LogP contribution in [0.5, 0.6) is 5.75 Å². The third kappa shape index (κ3) is 3.19. The largest absolute Gasteiger partial charge is 0.506 e. The molecule has 0 aromatic heterocycles. The average molecular weight is 305 g/mol. The van der Waals surface area contributed by atoms with Crippen molar-refractivity contribution in [2.75, 3.05) is 7.11 Å². The van der Waals surface area contributed by atoms with Crippen LogP contribution in [0.4, 0.5) is 5.69 Å². The Labute approximate surface area is 136 Å². The third-order valence-electron chi connectivity index (χ3n) is 3.82. The van der Waals surface area contributed by atoms with E-state index in [1.165, 1.54) is 5.57 Å². The van der Waals surface area contributed by atoms with E-state index in [0.717, 1.165) is 22.6 Å². The number of ether oxygens (including phenoxy) is 1. The predicted octanol–water partition coefficient (Wildman–Crippen LogP) is 5.23. The topological polar surface area (TPSA) is 41.8 Å². The van der Waals surface area contributed by atoms with Crippen LogP contribution < -0.4 is 4.74 Å². The highest BCUT2D eigenvalue weighted by Gasteiger charge is 2.13. The first-order valence-corrected chi connectivity index (χ1v) is 7.56. The smallest absolute Gasteiger partial charge is 0.137 e. The van der Waals surface area contributed by atoms with Crippen LogP contribution in [0.1, 0.15) is 13.3 Å². The molecule has 0 radical (unpaired) electrons. The highest BCUT2D eigenvalue weighted by molar-refractivity contribution is 6.03. The fourth-order valence-electron chi connectivity index (χ4n) is 2.64. The molecule has 0 saturated carbocycles. The molecule has 3 nitrogen and oxygen atoms in total. The summed E-state index contributed by atoms with van der Waals surface area (Å²) in [5.74, 6) is 1.03. The van der Waals surface area contributed by atoms with E-state index in [2.05, 4.69) is 0 Å². The normalized spacial score (nSPS) is 16.0. The van der Waals surface area contributed by atoms with E-state index in [9.17, 15) is 5.11 Å². The van der Waals surface area contributed by atoms with Crippen molar-refractivity contribution in [3.05, 3.63) is 72.0 Å². The average Bonchev–Trinajstić information content (AvgIpc) is 2.58. The van der Waals surface area contributed by atoms with Gasteiger partial charge in [0.1, 0.15) is 11.5 Å². The van der Waals surface area contributed by atoms with Gasteiger partial charge < -0.3 is 9.84 Å². The monoisotopic (exact) mass is 305 g/mol. The maximum atomic E-state index is 10.1. The van der Waals surface area contributed by atoms with Crippen molar-refractivity contribution in [1.29, 1.82) is 0 Å². The third-order valence-corrected chi connectivity index (χ3v) is 3.82. The molecule has 0 amide bonds. The molecule has 0 atom stereocenters. The molecule has 2 aromatic carbocycles. The van der Waals surface area contributed by atoms with Crippen LogP contribution in [0.25, 0.3) is 11.1 Å². The highest BCUT2D eigenvalue weighted by Crippen LogP contribution is 2.36. The highest BCUT2D eigenvalue weighted by atomic mass is 16.5. The fourth-order valence-corrected chi connectivity index (χ4v) is 2.64. The lowest BCUT2D eigenvalue weighted by molar-refractivity contribution is 0.416. The van der Waals surface area contributed by atoms with Crippen LogP contribution in [0.2, 0.25) is 0 Å². The van der Waals surface area contributed by atoms with Gasteiger partial charge in [-0.2, -0.15) is 0 Å². The van der Waals surface area contributed by atoms with Crippen molar-refractivity contribution >= 4 is 11.4 Å². The molecule has 0 fully saturated rings. The zero-order valence-corrected chi connectivity index (χ0v) is 13.3. The first kappa shape index (κ1) is 15.1. The number of rotatable bonds is 3. The predicted molar refractivity (Wildman–Crippen MR) is 94.6 cm³/mol. The lowest BCUT2D eigenvalue weighted by Gasteiger charge is -2.14. The van der Waals surface area contributed by atoms with Gasteiger partial charge in [0, 0.05) is 17.5 Å². The summed E-state index contributed by atoms with van der Waals surface area (Å²) in [6.07, 6.45) is 4.27. The molecule has 23 heavy (non-hydrogen) atoms. The second kappa shape index (κ2) is 6.53.